The number of carbonyl (C=O) groups excluding carboxylic acids is 3. The molecular formula is C20H28ClN5O3. The molecule has 2 aliphatic heterocycles. The van der Waals surface area contributed by atoms with Gasteiger partial charge >= 0.3 is 6.03 Å². The molecule has 4 N–H and O–H groups in total. The Kier molecular flexibility index (Phi) is 6.97. The maximum absolute atomic E-state index is 12.3. The lowest BCUT2D eigenvalue weighted by Gasteiger charge is -2.37. The third kappa shape index (κ3) is 5.83. The number of amides is 4. The highest BCUT2D eigenvalue weighted by molar-refractivity contribution is 6.30. The lowest BCUT2D eigenvalue weighted by atomic mass is 10.0. The Balaban J connectivity index is 1.54. The second-order valence-electron chi connectivity index (χ2n) is 7.91. The van der Waals surface area contributed by atoms with Crippen LogP contribution in [0, 0.1) is 0 Å². The Morgan fingerprint density at radius 1 is 1.34 bits per heavy atom. The number of urea groups is 1. The Morgan fingerprint density at radius 2 is 2.14 bits per heavy atom. The molecule has 0 aliphatic carbocycles. The van der Waals surface area contributed by atoms with Gasteiger partial charge in [0.05, 0.1) is 6.04 Å². The zero-order chi connectivity index (χ0) is 21.0. The van der Waals surface area contributed by atoms with E-state index in [1.807, 2.05) is 13.8 Å². The van der Waals surface area contributed by atoms with Crippen molar-refractivity contribution in [3.63, 3.8) is 0 Å². The van der Waals surface area contributed by atoms with Gasteiger partial charge in [0.15, 0.2) is 0 Å². The molecule has 8 nitrogen and oxygen atoms in total. The van der Waals surface area contributed by atoms with Crippen LogP contribution in [0.4, 0.5) is 10.5 Å². The number of hydrogen-bond acceptors (Lipinski definition) is 4. The topological polar surface area (TPSA) is 103 Å². The van der Waals surface area contributed by atoms with Crippen molar-refractivity contribution < 1.29 is 14.4 Å². The van der Waals surface area contributed by atoms with Gasteiger partial charge in [-0.1, -0.05) is 17.7 Å². The molecular weight excluding hydrogens is 394 g/mol. The first-order valence-corrected chi connectivity index (χ1v) is 10.4. The summed E-state index contributed by atoms with van der Waals surface area (Å²) < 4.78 is 0. The number of piperazine rings is 1. The zero-order valence-electron chi connectivity index (χ0n) is 16.7. The monoisotopic (exact) mass is 421 g/mol. The van der Waals surface area contributed by atoms with Crippen molar-refractivity contribution in [2.24, 2.45) is 0 Å². The molecule has 0 radical (unpaired) electrons. The van der Waals surface area contributed by atoms with E-state index in [9.17, 15) is 14.4 Å². The van der Waals surface area contributed by atoms with Crippen LogP contribution in [0.15, 0.2) is 24.3 Å². The van der Waals surface area contributed by atoms with Crippen LogP contribution >= 0.6 is 11.6 Å². The van der Waals surface area contributed by atoms with Crippen LogP contribution in [0.2, 0.25) is 5.02 Å². The molecule has 29 heavy (non-hydrogen) atoms. The minimum Gasteiger partial charge on any atom is -0.354 e. The summed E-state index contributed by atoms with van der Waals surface area (Å²) in [5, 5.41) is 12.1. The summed E-state index contributed by atoms with van der Waals surface area (Å²) in [4.78, 5) is 38.7. The number of halogens is 1. The van der Waals surface area contributed by atoms with E-state index in [0.717, 1.165) is 0 Å². The summed E-state index contributed by atoms with van der Waals surface area (Å²) in [6.07, 6.45) is 1.62. The van der Waals surface area contributed by atoms with E-state index in [1.54, 1.807) is 24.3 Å². The van der Waals surface area contributed by atoms with Crippen molar-refractivity contribution in [2.75, 3.05) is 18.4 Å². The second kappa shape index (κ2) is 9.45. The first-order valence-electron chi connectivity index (χ1n) is 9.97. The van der Waals surface area contributed by atoms with Crippen LogP contribution < -0.4 is 21.3 Å². The number of rotatable bonds is 6. The number of anilines is 1. The molecule has 2 heterocycles. The summed E-state index contributed by atoms with van der Waals surface area (Å²) >= 11 is 5.94. The van der Waals surface area contributed by atoms with Gasteiger partial charge in [0.25, 0.3) is 0 Å². The third-order valence-electron chi connectivity index (χ3n) is 5.19. The number of carbonyl (C=O) groups is 3. The molecule has 9 heteroatoms. The van der Waals surface area contributed by atoms with E-state index in [4.69, 9.17) is 11.6 Å². The van der Waals surface area contributed by atoms with Crippen LogP contribution in [0.25, 0.3) is 0 Å². The maximum atomic E-state index is 12.3. The molecule has 0 unspecified atom stereocenters. The van der Waals surface area contributed by atoms with Gasteiger partial charge in [-0.2, -0.15) is 0 Å². The fraction of sp³-hybridized carbons (Fsp3) is 0.550. The Hall–Kier alpha value is -2.32. The number of hydrogen-bond donors (Lipinski definition) is 4. The van der Waals surface area contributed by atoms with Crippen LogP contribution in [0.1, 0.15) is 33.1 Å². The van der Waals surface area contributed by atoms with Crippen molar-refractivity contribution >= 4 is 35.1 Å². The largest absolute Gasteiger partial charge is 0.354 e. The summed E-state index contributed by atoms with van der Waals surface area (Å²) in [5.74, 6) is -0.00403. The highest BCUT2D eigenvalue weighted by Gasteiger charge is 2.43. The minimum absolute atomic E-state index is 0.0169. The van der Waals surface area contributed by atoms with Crippen LogP contribution in [0.3, 0.4) is 0 Å². The Labute approximate surface area is 175 Å². The Bertz CT molecular complexity index is 772. The minimum atomic E-state index is -0.328. The number of benzene rings is 1. The molecule has 0 saturated carbocycles. The van der Waals surface area contributed by atoms with Crippen LogP contribution in [-0.2, 0) is 9.59 Å². The molecule has 158 valence electrons. The third-order valence-corrected chi connectivity index (χ3v) is 5.43. The molecule has 1 aromatic rings. The molecule has 1 aromatic carbocycles. The highest BCUT2D eigenvalue weighted by Crippen LogP contribution is 2.26. The molecule has 4 amide bonds. The molecule has 2 saturated heterocycles. The molecule has 0 spiro atoms. The van der Waals surface area contributed by atoms with Crippen molar-refractivity contribution in [2.45, 2.75) is 57.3 Å². The van der Waals surface area contributed by atoms with Gasteiger partial charge in [0, 0.05) is 48.3 Å². The van der Waals surface area contributed by atoms with Crippen LogP contribution in [0.5, 0.6) is 0 Å². The van der Waals surface area contributed by atoms with E-state index in [2.05, 4.69) is 26.2 Å². The molecule has 3 rings (SSSR count). The highest BCUT2D eigenvalue weighted by atomic mass is 35.5. The molecule has 2 fully saturated rings. The normalized spacial score (nSPS) is 24.0. The van der Waals surface area contributed by atoms with Crippen molar-refractivity contribution in [1.29, 1.82) is 0 Å². The predicted octanol–water partition coefficient (Wildman–Crippen LogP) is 1.71. The van der Waals surface area contributed by atoms with Gasteiger partial charge in [0.2, 0.25) is 11.8 Å². The molecule has 2 aliphatic rings. The molecule has 0 aromatic heterocycles. The number of nitrogens with one attached hydrogen (secondary N) is 4. The average molecular weight is 422 g/mol. The Morgan fingerprint density at radius 3 is 2.86 bits per heavy atom. The van der Waals surface area contributed by atoms with Gasteiger partial charge in [-0.3, -0.25) is 14.5 Å². The first kappa shape index (κ1) is 21.4. The fourth-order valence-corrected chi connectivity index (χ4v) is 4.15. The lowest BCUT2D eigenvalue weighted by Crippen LogP contribution is -2.58. The van der Waals surface area contributed by atoms with Gasteiger partial charge < -0.3 is 21.3 Å². The fourth-order valence-electron chi connectivity index (χ4n) is 3.96. The maximum Gasteiger partial charge on any atom is 0.319 e. The summed E-state index contributed by atoms with van der Waals surface area (Å²) in [5.41, 5.74) is 0.609. The standard InChI is InChI=1S/C20H28ClN5O3/c1-12(2)23-18(27)7-6-16-10-22-19(28)17-9-15(11-26(16)17)25-20(29)24-14-5-3-4-13(21)8-14/h3-5,8,12,15-17H,6-7,9-11H2,1-2H3,(H,22,28)(H,23,27)(H2,24,25,29)/t15-,16+,17-/m0/s1. The van der Waals surface area contributed by atoms with Crippen molar-refractivity contribution in [3.8, 4) is 0 Å². The predicted molar refractivity (Wildman–Crippen MR) is 112 cm³/mol. The van der Waals surface area contributed by atoms with E-state index in [0.29, 0.717) is 43.1 Å². The number of fused-ring (bicyclic) bond motifs is 1. The van der Waals surface area contributed by atoms with Gasteiger partial charge in [0.1, 0.15) is 0 Å². The number of nitrogens with zero attached hydrogens (tertiary/aromatic N) is 1. The lowest BCUT2D eigenvalue weighted by molar-refractivity contribution is -0.129. The second-order valence-corrected chi connectivity index (χ2v) is 8.35. The van der Waals surface area contributed by atoms with Gasteiger partial charge in [-0.25, -0.2) is 4.79 Å². The van der Waals surface area contributed by atoms with Crippen LogP contribution in [-0.4, -0.2) is 60.0 Å². The van der Waals surface area contributed by atoms with E-state index in [-0.39, 0.29) is 42.0 Å². The van der Waals surface area contributed by atoms with Crippen molar-refractivity contribution in [1.82, 2.24) is 20.9 Å². The van der Waals surface area contributed by atoms with E-state index in [1.165, 1.54) is 0 Å². The smallest absolute Gasteiger partial charge is 0.319 e. The molecule has 3 atom stereocenters. The molecule has 0 bridgehead atoms. The van der Waals surface area contributed by atoms with Crippen molar-refractivity contribution in [3.05, 3.63) is 29.3 Å². The average Bonchev–Trinajstić information content (AvgIpc) is 3.05. The first-order chi connectivity index (χ1) is 13.8. The summed E-state index contributed by atoms with van der Waals surface area (Å²) in [6.45, 7) is 4.96. The summed E-state index contributed by atoms with van der Waals surface area (Å²) in [7, 11) is 0. The van der Waals surface area contributed by atoms with Gasteiger partial charge in [-0.15, -0.1) is 0 Å². The van der Waals surface area contributed by atoms with E-state index >= 15 is 0 Å². The SMILES string of the molecule is CC(C)NC(=O)CC[C@@H]1CNC(=O)[C@@H]2C[C@H](NC(=O)Nc3cccc(Cl)c3)CN12. The quantitative estimate of drug-likeness (QED) is 0.561. The van der Waals surface area contributed by atoms with Gasteiger partial charge in [-0.05, 0) is 44.9 Å². The zero-order valence-corrected chi connectivity index (χ0v) is 17.5. The van der Waals surface area contributed by atoms with E-state index < -0.39 is 0 Å². The summed E-state index contributed by atoms with van der Waals surface area (Å²) in [6, 6.07) is 6.37.